The molecule has 0 aromatic heterocycles. The highest BCUT2D eigenvalue weighted by atomic mass is 16.6. The van der Waals surface area contributed by atoms with Crippen molar-refractivity contribution in [1.29, 1.82) is 0 Å². The van der Waals surface area contributed by atoms with Gasteiger partial charge in [-0.25, -0.2) is 9.59 Å². The maximum Gasteiger partial charge on any atom is 0.338 e. The van der Waals surface area contributed by atoms with Crippen molar-refractivity contribution in [1.82, 2.24) is 10.6 Å². The lowest BCUT2D eigenvalue weighted by Crippen LogP contribution is -2.45. The van der Waals surface area contributed by atoms with Gasteiger partial charge in [0, 0.05) is 17.9 Å². The number of ether oxygens (including phenoxy) is 3. The number of methoxy groups -OCH3 is 1. The van der Waals surface area contributed by atoms with Crippen molar-refractivity contribution in [3.63, 3.8) is 0 Å². The molecule has 134 valence electrons. The average Bonchev–Trinajstić information content (AvgIpc) is 3.12. The molecule has 1 aromatic rings. The Morgan fingerprint density at radius 2 is 2.16 bits per heavy atom. The number of para-hydroxylation sites is 1. The Morgan fingerprint density at radius 1 is 1.36 bits per heavy atom. The second-order valence-corrected chi connectivity index (χ2v) is 6.05. The summed E-state index contributed by atoms with van der Waals surface area (Å²) in [6, 6.07) is 6.25. The molecule has 0 unspecified atom stereocenters. The Morgan fingerprint density at radius 3 is 2.88 bits per heavy atom. The van der Waals surface area contributed by atoms with Crippen LogP contribution in [-0.2, 0) is 14.3 Å². The summed E-state index contributed by atoms with van der Waals surface area (Å²) < 4.78 is 16.3. The van der Waals surface area contributed by atoms with Crippen molar-refractivity contribution in [2.45, 2.75) is 31.9 Å². The number of urea groups is 1. The van der Waals surface area contributed by atoms with Gasteiger partial charge in [0.1, 0.15) is 12.4 Å². The van der Waals surface area contributed by atoms with E-state index in [0.29, 0.717) is 29.2 Å². The maximum absolute atomic E-state index is 12.7. The summed E-state index contributed by atoms with van der Waals surface area (Å²) in [6.07, 6.45) is 1.81. The zero-order chi connectivity index (χ0) is 17.8. The molecule has 2 aliphatic heterocycles. The van der Waals surface area contributed by atoms with Crippen molar-refractivity contribution in [3.8, 4) is 5.75 Å². The van der Waals surface area contributed by atoms with Crippen molar-refractivity contribution >= 4 is 12.0 Å². The van der Waals surface area contributed by atoms with Gasteiger partial charge < -0.3 is 24.8 Å². The Bertz CT molecular complexity index is 694. The number of carbonyl (C=O) groups excluding carboxylic acids is 2. The van der Waals surface area contributed by atoms with E-state index in [9.17, 15) is 9.59 Å². The molecule has 2 N–H and O–H groups in total. The lowest BCUT2D eigenvalue weighted by Gasteiger charge is -2.29. The van der Waals surface area contributed by atoms with Crippen LogP contribution in [0.3, 0.4) is 0 Å². The normalized spacial score (nSPS) is 23.0. The smallest absolute Gasteiger partial charge is 0.338 e. The monoisotopic (exact) mass is 346 g/mol. The van der Waals surface area contributed by atoms with Gasteiger partial charge in [0.15, 0.2) is 0 Å². The summed E-state index contributed by atoms with van der Waals surface area (Å²) in [7, 11) is 1.55. The molecule has 0 spiro atoms. The molecule has 0 bridgehead atoms. The predicted molar refractivity (Wildman–Crippen MR) is 90.0 cm³/mol. The topological polar surface area (TPSA) is 85.9 Å². The Kier molecular flexibility index (Phi) is 5.23. The van der Waals surface area contributed by atoms with Crippen LogP contribution in [0.1, 0.15) is 31.4 Å². The second kappa shape index (κ2) is 7.57. The van der Waals surface area contributed by atoms with Gasteiger partial charge >= 0.3 is 12.0 Å². The molecule has 25 heavy (non-hydrogen) atoms. The van der Waals surface area contributed by atoms with E-state index in [0.717, 1.165) is 12.8 Å². The number of esters is 1. The lowest BCUT2D eigenvalue weighted by atomic mass is 9.95. The first-order chi connectivity index (χ1) is 12.1. The van der Waals surface area contributed by atoms with Crippen LogP contribution in [0.4, 0.5) is 4.79 Å². The summed E-state index contributed by atoms with van der Waals surface area (Å²) >= 11 is 0. The first kappa shape index (κ1) is 17.3. The van der Waals surface area contributed by atoms with E-state index in [-0.39, 0.29) is 18.7 Å². The van der Waals surface area contributed by atoms with Crippen LogP contribution in [0.15, 0.2) is 35.5 Å². The summed E-state index contributed by atoms with van der Waals surface area (Å²) in [6.45, 7) is 2.59. The van der Waals surface area contributed by atoms with E-state index in [1.807, 2.05) is 18.2 Å². The molecule has 0 aliphatic carbocycles. The fourth-order valence-corrected chi connectivity index (χ4v) is 3.12. The molecule has 2 amide bonds. The molecule has 0 saturated carbocycles. The predicted octanol–water partition coefficient (Wildman–Crippen LogP) is 2.05. The van der Waals surface area contributed by atoms with Gasteiger partial charge in [-0.1, -0.05) is 18.2 Å². The number of hydrogen-bond donors (Lipinski definition) is 2. The van der Waals surface area contributed by atoms with Crippen LogP contribution in [0, 0.1) is 0 Å². The molecule has 7 nitrogen and oxygen atoms in total. The summed E-state index contributed by atoms with van der Waals surface area (Å²) in [5.41, 5.74) is 1.53. The fraction of sp³-hybridized carbons (Fsp3) is 0.444. The quantitative estimate of drug-likeness (QED) is 0.797. The van der Waals surface area contributed by atoms with Gasteiger partial charge in [0.2, 0.25) is 0 Å². The highest BCUT2D eigenvalue weighted by Crippen LogP contribution is 2.33. The zero-order valence-electron chi connectivity index (χ0n) is 14.3. The molecule has 0 radical (unpaired) electrons. The lowest BCUT2D eigenvalue weighted by molar-refractivity contribution is -0.142. The number of nitrogens with one attached hydrogen (secondary N) is 2. The number of benzene rings is 1. The van der Waals surface area contributed by atoms with Crippen molar-refractivity contribution < 1.29 is 23.8 Å². The van der Waals surface area contributed by atoms with Gasteiger partial charge in [-0.3, -0.25) is 0 Å². The van der Waals surface area contributed by atoms with E-state index in [1.165, 1.54) is 0 Å². The molecule has 1 fully saturated rings. The SMILES string of the molecule is COc1ccccc1[C@H]1NC(=O)NC(C)=C1C(=O)OC[C@@H]1CCCO1. The molecule has 1 saturated heterocycles. The van der Waals surface area contributed by atoms with Gasteiger partial charge in [0.25, 0.3) is 0 Å². The van der Waals surface area contributed by atoms with Crippen LogP contribution in [0.25, 0.3) is 0 Å². The summed E-state index contributed by atoms with van der Waals surface area (Å²) in [5.74, 6) is 0.114. The van der Waals surface area contributed by atoms with E-state index in [4.69, 9.17) is 14.2 Å². The van der Waals surface area contributed by atoms with Gasteiger partial charge in [-0.2, -0.15) is 0 Å². The molecular weight excluding hydrogens is 324 g/mol. The first-order valence-electron chi connectivity index (χ1n) is 8.30. The standard InChI is InChI=1S/C18H22N2O5/c1-11-15(17(21)25-10-12-6-5-9-24-12)16(20-18(22)19-11)13-7-3-4-8-14(13)23-2/h3-4,7-8,12,16H,5-6,9-10H2,1-2H3,(H2,19,20,22)/t12-,16+/m0/s1. The largest absolute Gasteiger partial charge is 0.496 e. The minimum atomic E-state index is -0.637. The van der Waals surface area contributed by atoms with Gasteiger partial charge in [0.05, 0.1) is 24.8 Å². The van der Waals surface area contributed by atoms with E-state index in [2.05, 4.69) is 10.6 Å². The molecule has 1 aromatic carbocycles. The maximum atomic E-state index is 12.7. The van der Waals surface area contributed by atoms with Crippen LogP contribution in [-0.4, -0.2) is 38.4 Å². The Balaban J connectivity index is 1.85. The summed E-state index contributed by atoms with van der Waals surface area (Å²) in [5, 5.41) is 5.41. The molecule has 2 heterocycles. The van der Waals surface area contributed by atoms with Crippen LogP contribution < -0.4 is 15.4 Å². The third-order valence-corrected chi connectivity index (χ3v) is 4.36. The van der Waals surface area contributed by atoms with Crippen molar-refractivity contribution in [2.75, 3.05) is 20.3 Å². The second-order valence-electron chi connectivity index (χ2n) is 6.05. The Labute approximate surface area is 146 Å². The van der Waals surface area contributed by atoms with E-state index < -0.39 is 12.0 Å². The fourth-order valence-electron chi connectivity index (χ4n) is 3.12. The minimum absolute atomic E-state index is 0.0549. The third kappa shape index (κ3) is 3.76. The first-order valence-corrected chi connectivity index (χ1v) is 8.30. The molecule has 2 aliphatic rings. The minimum Gasteiger partial charge on any atom is -0.496 e. The van der Waals surface area contributed by atoms with Crippen LogP contribution in [0.2, 0.25) is 0 Å². The van der Waals surface area contributed by atoms with Crippen LogP contribution >= 0.6 is 0 Å². The van der Waals surface area contributed by atoms with Crippen LogP contribution in [0.5, 0.6) is 5.75 Å². The van der Waals surface area contributed by atoms with E-state index >= 15 is 0 Å². The van der Waals surface area contributed by atoms with Crippen molar-refractivity contribution in [3.05, 3.63) is 41.1 Å². The molecule has 7 heteroatoms. The molecular formula is C18H22N2O5. The number of carbonyl (C=O) groups is 2. The third-order valence-electron chi connectivity index (χ3n) is 4.36. The molecule has 3 rings (SSSR count). The Hall–Kier alpha value is -2.54. The highest BCUT2D eigenvalue weighted by Gasteiger charge is 2.34. The summed E-state index contributed by atoms with van der Waals surface area (Å²) in [4.78, 5) is 24.6. The highest BCUT2D eigenvalue weighted by molar-refractivity contribution is 5.95. The van der Waals surface area contributed by atoms with Crippen molar-refractivity contribution in [2.24, 2.45) is 0 Å². The number of amides is 2. The number of allylic oxidation sites excluding steroid dienone is 1. The number of rotatable bonds is 5. The number of hydrogen-bond acceptors (Lipinski definition) is 5. The van der Waals surface area contributed by atoms with Gasteiger partial charge in [-0.15, -0.1) is 0 Å². The molecule has 2 atom stereocenters. The van der Waals surface area contributed by atoms with Gasteiger partial charge in [-0.05, 0) is 25.8 Å². The zero-order valence-corrected chi connectivity index (χ0v) is 14.3. The van der Waals surface area contributed by atoms with E-state index in [1.54, 1.807) is 20.1 Å². The average molecular weight is 346 g/mol.